The van der Waals surface area contributed by atoms with E-state index in [0.717, 1.165) is 4.57 Å². The molecule has 1 heterocycles. The number of nitrogens with one attached hydrogen (secondary N) is 1. The van der Waals surface area contributed by atoms with E-state index in [4.69, 9.17) is 5.11 Å². The number of aromatic nitrogens is 2. The van der Waals surface area contributed by atoms with Gasteiger partial charge in [0.25, 0.3) is 5.56 Å². The Morgan fingerprint density at radius 1 is 1.19 bits per heavy atom. The van der Waals surface area contributed by atoms with Crippen molar-refractivity contribution >= 4 is 22.5 Å². The summed E-state index contributed by atoms with van der Waals surface area (Å²) >= 11 is 0. The fourth-order valence-corrected chi connectivity index (χ4v) is 2.71. The second-order valence-corrected chi connectivity index (χ2v) is 5.53. The highest BCUT2D eigenvalue weighted by Gasteiger charge is 2.15. The molecule has 26 heavy (non-hydrogen) atoms. The minimum atomic E-state index is -0.964. The number of hydrogen-bond acceptors (Lipinski definition) is 5. The lowest BCUT2D eigenvalue weighted by molar-refractivity contribution is -0.118. The number of aliphatic hydroxyl groups excluding tert-OH is 2. The van der Waals surface area contributed by atoms with E-state index in [1.807, 2.05) is 0 Å². The lowest BCUT2D eigenvalue weighted by Gasteiger charge is -2.15. The average molecular weight is 357 g/mol. The average Bonchev–Trinajstić information content (AvgIpc) is 2.68. The molecule has 0 radical (unpaired) electrons. The molecule has 0 saturated heterocycles. The molecular weight excluding hydrogens is 341 g/mol. The van der Waals surface area contributed by atoms with Crippen LogP contribution < -0.4 is 10.9 Å². The van der Waals surface area contributed by atoms with Crippen LogP contribution in [0, 0.1) is 0 Å². The maximum atomic E-state index is 13.5. The summed E-state index contributed by atoms with van der Waals surface area (Å²) in [5.74, 6) is -0.709. The molecule has 8 heteroatoms. The highest BCUT2D eigenvalue weighted by Crippen LogP contribution is 2.20. The van der Waals surface area contributed by atoms with Crippen molar-refractivity contribution in [2.75, 3.05) is 11.9 Å². The van der Waals surface area contributed by atoms with Gasteiger partial charge in [-0.05, 0) is 24.3 Å². The predicted molar refractivity (Wildman–Crippen MR) is 93.8 cm³/mol. The Bertz CT molecular complexity index is 1030. The zero-order valence-corrected chi connectivity index (χ0v) is 13.6. The van der Waals surface area contributed by atoms with Crippen molar-refractivity contribution in [3.63, 3.8) is 0 Å². The molecular formula is C18H16FN3O4. The standard InChI is InChI=1S/C18H16FN3O4/c19-8-16-21-14-6-5-12(20-17(25)10-24)7-13(14)18(26)22(16)15-4-2-1-3-11(15)9-23/h1-7,23-24H,8-10H2,(H,20,25). The van der Waals surface area contributed by atoms with Crippen LogP contribution in [-0.4, -0.2) is 32.3 Å². The summed E-state index contributed by atoms with van der Waals surface area (Å²) < 4.78 is 14.7. The maximum Gasteiger partial charge on any atom is 0.266 e. The zero-order chi connectivity index (χ0) is 18.7. The number of carbonyl (C=O) groups excluding carboxylic acids is 1. The van der Waals surface area contributed by atoms with E-state index in [-0.39, 0.29) is 23.3 Å². The van der Waals surface area contributed by atoms with Gasteiger partial charge in [-0.2, -0.15) is 0 Å². The third kappa shape index (κ3) is 3.19. The van der Waals surface area contributed by atoms with Crippen molar-refractivity contribution in [3.05, 3.63) is 64.2 Å². The zero-order valence-electron chi connectivity index (χ0n) is 13.6. The lowest BCUT2D eigenvalue weighted by Crippen LogP contribution is -2.25. The Morgan fingerprint density at radius 2 is 1.96 bits per heavy atom. The summed E-state index contributed by atoms with van der Waals surface area (Å²) in [4.78, 5) is 28.5. The third-order valence-corrected chi connectivity index (χ3v) is 3.89. The topological polar surface area (TPSA) is 104 Å². The van der Waals surface area contributed by atoms with Gasteiger partial charge in [0.2, 0.25) is 5.91 Å². The molecule has 0 spiro atoms. The summed E-state index contributed by atoms with van der Waals surface area (Å²) in [6.45, 7) is -1.97. The minimum absolute atomic E-state index is 0.0875. The van der Waals surface area contributed by atoms with Gasteiger partial charge in [0.05, 0.1) is 23.2 Å². The Labute approximate surface area is 147 Å². The van der Waals surface area contributed by atoms with Crippen LogP contribution in [0.1, 0.15) is 11.4 Å². The minimum Gasteiger partial charge on any atom is -0.392 e. The van der Waals surface area contributed by atoms with Crippen LogP contribution in [0.3, 0.4) is 0 Å². The molecule has 1 aromatic heterocycles. The SMILES string of the molecule is O=C(CO)Nc1ccc2nc(CF)n(-c3ccccc3CO)c(=O)c2c1. The number of rotatable bonds is 5. The molecule has 1 amide bonds. The second-order valence-electron chi connectivity index (χ2n) is 5.53. The van der Waals surface area contributed by atoms with Crippen LogP contribution in [0.25, 0.3) is 16.6 Å². The molecule has 0 aliphatic carbocycles. The van der Waals surface area contributed by atoms with Crippen LogP contribution in [0.4, 0.5) is 10.1 Å². The molecule has 2 aromatic carbocycles. The number of benzene rings is 2. The van der Waals surface area contributed by atoms with Gasteiger partial charge in [-0.1, -0.05) is 18.2 Å². The van der Waals surface area contributed by atoms with Gasteiger partial charge in [0.1, 0.15) is 19.1 Å². The number of carbonyl (C=O) groups is 1. The molecule has 0 bridgehead atoms. The first-order chi connectivity index (χ1) is 12.6. The number of halogens is 1. The number of nitrogens with zero attached hydrogens (tertiary/aromatic N) is 2. The number of fused-ring (bicyclic) bond motifs is 1. The van der Waals surface area contributed by atoms with Crippen LogP contribution in [0.2, 0.25) is 0 Å². The van der Waals surface area contributed by atoms with E-state index in [1.54, 1.807) is 24.3 Å². The molecule has 3 N–H and O–H groups in total. The summed E-state index contributed by atoms with van der Waals surface area (Å²) in [6, 6.07) is 11.0. The van der Waals surface area contributed by atoms with Gasteiger partial charge in [-0.25, -0.2) is 9.37 Å². The Hall–Kier alpha value is -3.10. The highest BCUT2D eigenvalue weighted by atomic mass is 19.1. The van der Waals surface area contributed by atoms with Gasteiger partial charge < -0.3 is 15.5 Å². The number of aliphatic hydroxyl groups is 2. The van der Waals surface area contributed by atoms with Gasteiger partial charge in [0, 0.05) is 11.3 Å². The molecule has 0 saturated carbocycles. The van der Waals surface area contributed by atoms with Crippen molar-refractivity contribution in [2.24, 2.45) is 0 Å². The summed E-state index contributed by atoms with van der Waals surface area (Å²) in [6.07, 6.45) is 0. The quantitative estimate of drug-likeness (QED) is 0.638. The van der Waals surface area contributed by atoms with E-state index in [1.165, 1.54) is 18.2 Å². The maximum absolute atomic E-state index is 13.5. The number of hydrogen-bond donors (Lipinski definition) is 3. The van der Waals surface area contributed by atoms with Gasteiger partial charge in [-0.3, -0.25) is 14.2 Å². The number of amides is 1. The van der Waals surface area contributed by atoms with E-state index < -0.39 is 24.7 Å². The van der Waals surface area contributed by atoms with E-state index in [0.29, 0.717) is 16.9 Å². The van der Waals surface area contributed by atoms with Crippen LogP contribution in [0.5, 0.6) is 0 Å². The number of para-hydroxylation sites is 1. The summed E-state index contributed by atoms with van der Waals surface area (Å²) in [7, 11) is 0. The van der Waals surface area contributed by atoms with E-state index >= 15 is 0 Å². The molecule has 3 aromatic rings. The van der Waals surface area contributed by atoms with Crippen molar-refractivity contribution in [1.82, 2.24) is 9.55 Å². The van der Waals surface area contributed by atoms with Crippen molar-refractivity contribution in [1.29, 1.82) is 0 Å². The first-order valence-corrected chi connectivity index (χ1v) is 7.80. The predicted octanol–water partition coefficient (Wildman–Crippen LogP) is 1.28. The van der Waals surface area contributed by atoms with E-state index in [9.17, 15) is 19.1 Å². The third-order valence-electron chi connectivity index (χ3n) is 3.89. The first-order valence-electron chi connectivity index (χ1n) is 7.80. The highest BCUT2D eigenvalue weighted by molar-refractivity contribution is 5.94. The molecule has 7 nitrogen and oxygen atoms in total. The van der Waals surface area contributed by atoms with Gasteiger partial charge >= 0.3 is 0 Å². The Kier molecular flexibility index (Phi) is 5.06. The molecule has 0 atom stereocenters. The van der Waals surface area contributed by atoms with Crippen LogP contribution >= 0.6 is 0 Å². The molecule has 0 aliphatic heterocycles. The first kappa shape index (κ1) is 17.7. The fourth-order valence-electron chi connectivity index (χ4n) is 2.71. The summed E-state index contributed by atoms with van der Waals surface area (Å²) in [5, 5.41) is 21.0. The number of anilines is 1. The number of alkyl halides is 1. The lowest BCUT2D eigenvalue weighted by atomic mass is 10.1. The normalized spacial score (nSPS) is 10.9. The smallest absolute Gasteiger partial charge is 0.266 e. The molecule has 0 fully saturated rings. The van der Waals surface area contributed by atoms with Crippen LogP contribution in [-0.2, 0) is 18.1 Å². The second kappa shape index (κ2) is 7.42. The van der Waals surface area contributed by atoms with Gasteiger partial charge in [0.15, 0.2) is 0 Å². The van der Waals surface area contributed by atoms with E-state index in [2.05, 4.69) is 10.3 Å². The van der Waals surface area contributed by atoms with Gasteiger partial charge in [-0.15, -0.1) is 0 Å². The molecule has 3 rings (SSSR count). The Morgan fingerprint density at radius 3 is 2.65 bits per heavy atom. The molecule has 134 valence electrons. The van der Waals surface area contributed by atoms with Crippen molar-refractivity contribution in [3.8, 4) is 5.69 Å². The monoisotopic (exact) mass is 357 g/mol. The van der Waals surface area contributed by atoms with Crippen molar-refractivity contribution in [2.45, 2.75) is 13.3 Å². The van der Waals surface area contributed by atoms with Crippen LogP contribution in [0.15, 0.2) is 47.3 Å². The largest absolute Gasteiger partial charge is 0.392 e. The van der Waals surface area contributed by atoms with Crippen molar-refractivity contribution < 1.29 is 19.4 Å². The fraction of sp³-hybridized carbons (Fsp3) is 0.167. The molecule has 0 aliphatic rings. The summed E-state index contributed by atoms with van der Waals surface area (Å²) in [5.41, 5.74) is 0.860. The molecule has 0 unspecified atom stereocenters. The Balaban J connectivity index is 2.26.